The summed E-state index contributed by atoms with van der Waals surface area (Å²) in [7, 11) is 0. The van der Waals surface area contributed by atoms with Crippen LogP contribution in [0.25, 0.3) is 0 Å². The Balaban J connectivity index is 3.52. The van der Waals surface area contributed by atoms with Crippen LogP contribution in [0.2, 0.25) is 0 Å². The molecule has 1 N–H and O–H groups in total. The van der Waals surface area contributed by atoms with Crippen molar-refractivity contribution < 1.29 is 5.11 Å². The number of rotatable bonds is 4. The number of hydrogen-bond acceptors (Lipinski definition) is 1. The Labute approximate surface area is 64.5 Å². The van der Waals surface area contributed by atoms with Crippen molar-refractivity contribution in [3.8, 4) is 0 Å². The van der Waals surface area contributed by atoms with Crippen LogP contribution in [0.15, 0.2) is 0 Å². The Hall–Kier alpha value is -0.0400. The van der Waals surface area contributed by atoms with Crippen molar-refractivity contribution in [1.82, 2.24) is 0 Å². The molecule has 0 aliphatic carbocycles. The van der Waals surface area contributed by atoms with Crippen LogP contribution >= 0.6 is 0 Å². The number of unbranched alkanes of at least 4 members (excludes halogenated alkanes) is 1. The molecule has 1 atom stereocenters. The van der Waals surface area contributed by atoms with E-state index in [2.05, 4.69) is 13.8 Å². The zero-order chi connectivity index (χ0) is 8.20. The Kier molecular flexibility index (Phi) is 3.95. The van der Waals surface area contributed by atoms with Crippen molar-refractivity contribution in [3.63, 3.8) is 0 Å². The summed E-state index contributed by atoms with van der Waals surface area (Å²) in [5.41, 5.74) is -0.491. The first-order valence-corrected chi connectivity index (χ1v) is 4.20. The molecule has 0 saturated heterocycles. The van der Waals surface area contributed by atoms with Crippen LogP contribution in [0.3, 0.4) is 0 Å². The summed E-state index contributed by atoms with van der Waals surface area (Å²) in [5, 5.41) is 9.51. The highest BCUT2D eigenvalue weighted by molar-refractivity contribution is 4.72. The standard InChI is InChI=1S/C9H20O/c1-5-6-7-8(2)9(3,4)10/h8,10H,5-7H2,1-4H3/t8-/m0/s1. The lowest BCUT2D eigenvalue weighted by molar-refractivity contribution is 0.0205. The van der Waals surface area contributed by atoms with Gasteiger partial charge in [0.2, 0.25) is 0 Å². The second kappa shape index (κ2) is 3.97. The molecule has 0 heterocycles. The first kappa shape index (κ1) is 9.96. The molecule has 0 amide bonds. The van der Waals surface area contributed by atoms with Crippen LogP contribution < -0.4 is 0 Å². The summed E-state index contributed by atoms with van der Waals surface area (Å²) in [5.74, 6) is 0.424. The summed E-state index contributed by atoms with van der Waals surface area (Å²) < 4.78 is 0. The van der Waals surface area contributed by atoms with Gasteiger partial charge in [0.1, 0.15) is 0 Å². The number of hydrogen-bond donors (Lipinski definition) is 1. The summed E-state index contributed by atoms with van der Waals surface area (Å²) in [6.45, 7) is 8.05. The fourth-order valence-corrected chi connectivity index (χ4v) is 0.864. The average Bonchev–Trinajstić information content (AvgIpc) is 1.80. The number of aliphatic hydroxyl groups is 1. The third-order valence-electron chi connectivity index (χ3n) is 2.20. The monoisotopic (exact) mass is 144 g/mol. The minimum Gasteiger partial charge on any atom is -0.390 e. The molecule has 0 unspecified atom stereocenters. The van der Waals surface area contributed by atoms with Crippen LogP contribution in [0.4, 0.5) is 0 Å². The molecule has 0 spiro atoms. The molecule has 0 saturated carbocycles. The molecule has 0 bridgehead atoms. The third kappa shape index (κ3) is 3.89. The maximum Gasteiger partial charge on any atom is 0.0617 e. The second-order valence-corrected chi connectivity index (χ2v) is 3.70. The van der Waals surface area contributed by atoms with Gasteiger partial charge in [-0.25, -0.2) is 0 Å². The lowest BCUT2D eigenvalue weighted by Crippen LogP contribution is -2.28. The van der Waals surface area contributed by atoms with E-state index in [-0.39, 0.29) is 0 Å². The fraction of sp³-hybridized carbons (Fsp3) is 1.00. The molecule has 0 aliphatic heterocycles. The quantitative estimate of drug-likeness (QED) is 0.643. The first-order chi connectivity index (χ1) is 4.48. The van der Waals surface area contributed by atoms with Crippen molar-refractivity contribution in [2.75, 3.05) is 0 Å². The Morgan fingerprint density at radius 3 is 2.20 bits per heavy atom. The van der Waals surface area contributed by atoms with E-state index in [9.17, 15) is 5.11 Å². The summed E-state index contributed by atoms with van der Waals surface area (Å²) in [4.78, 5) is 0. The summed E-state index contributed by atoms with van der Waals surface area (Å²) in [6, 6.07) is 0. The van der Waals surface area contributed by atoms with Gasteiger partial charge in [-0.3, -0.25) is 0 Å². The van der Waals surface area contributed by atoms with Crippen molar-refractivity contribution >= 4 is 0 Å². The molecule has 10 heavy (non-hydrogen) atoms. The van der Waals surface area contributed by atoms with Crippen molar-refractivity contribution in [2.24, 2.45) is 5.92 Å². The van der Waals surface area contributed by atoms with Crippen molar-refractivity contribution in [3.05, 3.63) is 0 Å². The zero-order valence-electron chi connectivity index (χ0n) is 7.65. The molecule has 1 nitrogen and oxygen atoms in total. The largest absolute Gasteiger partial charge is 0.390 e. The van der Waals surface area contributed by atoms with Gasteiger partial charge in [-0.05, 0) is 26.2 Å². The van der Waals surface area contributed by atoms with Crippen LogP contribution in [0.1, 0.15) is 47.0 Å². The Morgan fingerprint density at radius 1 is 1.40 bits per heavy atom. The van der Waals surface area contributed by atoms with Gasteiger partial charge in [0.05, 0.1) is 5.60 Å². The molecule has 0 aromatic heterocycles. The lowest BCUT2D eigenvalue weighted by Gasteiger charge is -2.25. The molecule has 0 aromatic rings. The van der Waals surface area contributed by atoms with E-state index >= 15 is 0 Å². The second-order valence-electron chi connectivity index (χ2n) is 3.70. The van der Waals surface area contributed by atoms with Gasteiger partial charge in [0.25, 0.3) is 0 Å². The van der Waals surface area contributed by atoms with Gasteiger partial charge in [-0.15, -0.1) is 0 Å². The van der Waals surface area contributed by atoms with E-state index in [1.54, 1.807) is 0 Å². The van der Waals surface area contributed by atoms with Gasteiger partial charge < -0.3 is 5.11 Å². The third-order valence-corrected chi connectivity index (χ3v) is 2.20. The normalized spacial score (nSPS) is 15.3. The molecule has 0 fully saturated rings. The molecular weight excluding hydrogens is 124 g/mol. The van der Waals surface area contributed by atoms with E-state index in [0.717, 1.165) is 6.42 Å². The van der Waals surface area contributed by atoms with Gasteiger partial charge >= 0.3 is 0 Å². The predicted molar refractivity (Wildman–Crippen MR) is 45.0 cm³/mol. The smallest absolute Gasteiger partial charge is 0.0617 e. The topological polar surface area (TPSA) is 20.2 Å². The van der Waals surface area contributed by atoms with Crippen molar-refractivity contribution in [2.45, 2.75) is 52.6 Å². The highest BCUT2D eigenvalue weighted by atomic mass is 16.3. The van der Waals surface area contributed by atoms with E-state index < -0.39 is 5.60 Å². The molecule has 1 heteroatoms. The van der Waals surface area contributed by atoms with Crippen LogP contribution in [0, 0.1) is 5.92 Å². The minimum atomic E-state index is -0.491. The lowest BCUT2D eigenvalue weighted by atomic mass is 9.89. The molecule has 0 rings (SSSR count). The first-order valence-electron chi connectivity index (χ1n) is 4.20. The summed E-state index contributed by atoms with van der Waals surface area (Å²) in [6.07, 6.45) is 3.59. The molecule has 0 aromatic carbocycles. The van der Waals surface area contributed by atoms with E-state index in [1.807, 2.05) is 13.8 Å². The van der Waals surface area contributed by atoms with E-state index in [0.29, 0.717) is 5.92 Å². The Morgan fingerprint density at radius 2 is 1.90 bits per heavy atom. The van der Waals surface area contributed by atoms with E-state index in [4.69, 9.17) is 0 Å². The molecule has 62 valence electrons. The maximum atomic E-state index is 9.51. The Bertz CT molecular complexity index is 81.2. The fourth-order valence-electron chi connectivity index (χ4n) is 0.864. The molecular formula is C9H20O. The van der Waals surface area contributed by atoms with Gasteiger partial charge in [0, 0.05) is 0 Å². The van der Waals surface area contributed by atoms with Crippen LogP contribution in [0.5, 0.6) is 0 Å². The molecule has 0 radical (unpaired) electrons. The SMILES string of the molecule is CCCC[C@H](C)C(C)(C)O. The zero-order valence-corrected chi connectivity index (χ0v) is 7.65. The maximum absolute atomic E-state index is 9.51. The van der Waals surface area contributed by atoms with Gasteiger partial charge in [-0.1, -0.05) is 26.7 Å². The van der Waals surface area contributed by atoms with Crippen LogP contribution in [-0.2, 0) is 0 Å². The predicted octanol–water partition coefficient (Wildman–Crippen LogP) is 2.58. The molecule has 0 aliphatic rings. The minimum absolute atomic E-state index is 0.424. The highest BCUT2D eigenvalue weighted by Gasteiger charge is 2.20. The van der Waals surface area contributed by atoms with E-state index in [1.165, 1.54) is 12.8 Å². The highest BCUT2D eigenvalue weighted by Crippen LogP contribution is 2.20. The van der Waals surface area contributed by atoms with Gasteiger partial charge in [-0.2, -0.15) is 0 Å². The van der Waals surface area contributed by atoms with Crippen LogP contribution in [-0.4, -0.2) is 10.7 Å². The van der Waals surface area contributed by atoms with Gasteiger partial charge in [0.15, 0.2) is 0 Å². The summed E-state index contributed by atoms with van der Waals surface area (Å²) >= 11 is 0. The van der Waals surface area contributed by atoms with Crippen molar-refractivity contribution in [1.29, 1.82) is 0 Å². The average molecular weight is 144 g/mol.